The lowest BCUT2D eigenvalue weighted by atomic mass is 10.7. The van der Waals surface area contributed by atoms with Crippen LogP contribution in [0, 0.1) is 0 Å². The number of rotatable bonds is 8. The molecule has 0 unspecified atom stereocenters. The lowest BCUT2D eigenvalue weighted by molar-refractivity contribution is 0.0764. The third-order valence-corrected chi connectivity index (χ3v) is 3.34. The van der Waals surface area contributed by atoms with Crippen LogP contribution in [0.1, 0.15) is 0 Å². The topological polar surface area (TPSA) is 54.0 Å². The third kappa shape index (κ3) is 6.18. The van der Waals surface area contributed by atoms with Crippen LogP contribution in [0.25, 0.3) is 0 Å². The lowest BCUT2D eigenvalue weighted by Gasteiger charge is -2.12. The van der Waals surface area contributed by atoms with E-state index in [9.17, 15) is 4.57 Å². The SMILES string of the molecule is COCCOCCP(=O)(OC)OC. The molecule has 6 heteroatoms. The van der Waals surface area contributed by atoms with Crippen molar-refractivity contribution in [2.45, 2.75) is 0 Å². The molecule has 0 radical (unpaired) electrons. The number of ether oxygens (including phenoxy) is 2. The van der Waals surface area contributed by atoms with Gasteiger partial charge < -0.3 is 18.5 Å². The summed E-state index contributed by atoms with van der Waals surface area (Å²) < 4.78 is 30.7. The molecule has 0 aromatic heterocycles. The van der Waals surface area contributed by atoms with Crippen molar-refractivity contribution in [1.29, 1.82) is 0 Å². The largest absolute Gasteiger partial charge is 0.382 e. The fourth-order valence-electron chi connectivity index (χ4n) is 0.678. The molecule has 0 fully saturated rings. The van der Waals surface area contributed by atoms with E-state index in [2.05, 4.69) is 0 Å². The van der Waals surface area contributed by atoms with Gasteiger partial charge in [0.25, 0.3) is 0 Å². The Balaban J connectivity index is 3.45. The van der Waals surface area contributed by atoms with Gasteiger partial charge in [0, 0.05) is 21.3 Å². The summed E-state index contributed by atoms with van der Waals surface area (Å²) >= 11 is 0. The van der Waals surface area contributed by atoms with Gasteiger partial charge in [-0.1, -0.05) is 0 Å². The van der Waals surface area contributed by atoms with Crippen LogP contribution in [0.5, 0.6) is 0 Å². The van der Waals surface area contributed by atoms with E-state index in [1.54, 1.807) is 7.11 Å². The Hall–Kier alpha value is 0.0700. The quantitative estimate of drug-likeness (QED) is 0.446. The summed E-state index contributed by atoms with van der Waals surface area (Å²) in [6.45, 7) is 1.37. The summed E-state index contributed by atoms with van der Waals surface area (Å²) in [5.41, 5.74) is 0. The first-order valence-electron chi connectivity index (χ1n) is 3.95. The number of hydrogen-bond donors (Lipinski definition) is 0. The summed E-state index contributed by atoms with van der Waals surface area (Å²) in [5, 5.41) is 0. The Labute approximate surface area is 78.8 Å². The first-order valence-corrected chi connectivity index (χ1v) is 5.68. The highest BCUT2D eigenvalue weighted by Gasteiger charge is 2.19. The van der Waals surface area contributed by atoms with E-state index in [0.717, 1.165) is 0 Å². The van der Waals surface area contributed by atoms with E-state index in [1.165, 1.54) is 14.2 Å². The van der Waals surface area contributed by atoms with Crippen molar-refractivity contribution in [2.24, 2.45) is 0 Å². The first kappa shape index (κ1) is 13.1. The molecule has 0 rings (SSSR count). The molecule has 0 spiro atoms. The van der Waals surface area contributed by atoms with Crippen LogP contribution in [0.15, 0.2) is 0 Å². The van der Waals surface area contributed by atoms with E-state index in [4.69, 9.17) is 18.5 Å². The Morgan fingerprint density at radius 1 is 1.00 bits per heavy atom. The van der Waals surface area contributed by atoms with Gasteiger partial charge in [0.05, 0.1) is 26.0 Å². The van der Waals surface area contributed by atoms with E-state index < -0.39 is 7.60 Å². The molecule has 0 aliphatic rings. The van der Waals surface area contributed by atoms with Crippen LogP contribution < -0.4 is 0 Å². The maximum absolute atomic E-state index is 11.4. The molecule has 13 heavy (non-hydrogen) atoms. The van der Waals surface area contributed by atoms with E-state index in [-0.39, 0.29) is 6.16 Å². The van der Waals surface area contributed by atoms with E-state index in [1.807, 2.05) is 0 Å². The van der Waals surface area contributed by atoms with Crippen molar-refractivity contribution < 1.29 is 23.1 Å². The first-order chi connectivity index (χ1) is 6.18. The summed E-state index contributed by atoms with van der Waals surface area (Å²) in [4.78, 5) is 0. The van der Waals surface area contributed by atoms with Crippen molar-refractivity contribution in [2.75, 3.05) is 47.3 Å². The van der Waals surface area contributed by atoms with Gasteiger partial charge in [-0.25, -0.2) is 0 Å². The Morgan fingerprint density at radius 3 is 2.08 bits per heavy atom. The van der Waals surface area contributed by atoms with Gasteiger partial charge in [-0.15, -0.1) is 0 Å². The highest BCUT2D eigenvalue weighted by atomic mass is 31.2. The van der Waals surface area contributed by atoms with Crippen molar-refractivity contribution in [1.82, 2.24) is 0 Å². The molecular formula is C7H17O5P. The molecular weight excluding hydrogens is 195 g/mol. The molecule has 0 atom stereocenters. The zero-order valence-electron chi connectivity index (χ0n) is 8.32. The van der Waals surface area contributed by atoms with E-state index in [0.29, 0.717) is 19.8 Å². The van der Waals surface area contributed by atoms with Gasteiger partial charge in [-0.3, -0.25) is 4.57 Å². The van der Waals surface area contributed by atoms with Crippen LogP contribution in [0.4, 0.5) is 0 Å². The minimum absolute atomic E-state index is 0.268. The maximum atomic E-state index is 11.4. The predicted molar refractivity (Wildman–Crippen MR) is 49.2 cm³/mol. The summed E-state index contributed by atoms with van der Waals surface area (Å²) in [6.07, 6.45) is 0.268. The highest BCUT2D eigenvalue weighted by Crippen LogP contribution is 2.45. The molecule has 0 N–H and O–H groups in total. The zero-order chi connectivity index (χ0) is 10.2. The summed E-state index contributed by atoms with van der Waals surface area (Å²) in [5.74, 6) is 0. The summed E-state index contributed by atoms with van der Waals surface area (Å²) in [7, 11) is 1.42. The molecule has 0 heterocycles. The minimum Gasteiger partial charge on any atom is -0.382 e. The normalized spacial score (nSPS) is 11.9. The fourth-order valence-corrected chi connectivity index (χ4v) is 1.54. The molecule has 0 saturated heterocycles. The molecule has 80 valence electrons. The second-order valence-electron chi connectivity index (χ2n) is 2.30. The molecule has 0 aliphatic heterocycles. The zero-order valence-corrected chi connectivity index (χ0v) is 9.21. The average Bonchev–Trinajstić information content (AvgIpc) is 2.17. The third-order valence-electron chi connectivity index (χ3n) is 1.50. The van der Waals surface area contributed by atoms with Crippen molar-refractivity contribution >= 4 is 7.60 Å². The molecule has 0 aromatic rings. The fraction of sp³-hybridized carbons (Fsp3) is 1.00. The summed E-state index contributed by atoms with van der Waals surface area (Å²) in [6, 6.07) is 0. The van der Waals surface area contributed by atoms with Gasteiger partial charge in [0.15, 0.2) is 0 Å². The van der Waals surface area contributed by atoms with Gasteiger partial charge in [0.2, 0.25) is 0 Å². The van der Waals surface area contributed by atoms with Gasteiger partial charge in [-0.2, -0.15) is 0 Å². The number of methoxy groups -OCH3 is 1. The van der Waals surface area contributed by atoms with Crippen LogP contribution in [-0.2, 0) is 23.1 Å². The van der Waals surface area contributed by atoms with Crippen LogP contribution in [-0.4, -0.2) is 47.3 Å². The second-order valence-corrected chi connectivity index (χ2v) is 4.70. The lowest BCUT2D eigenvalue weighted by Crippen LogP contribution is -2.07. The smallest absolute Gasteiger partial charge is 0.332 e. The standard InChI is InChI=1S/C7H17O5P/c1-9-4-5-12-6-7-13(8,10-2)11-3/h4-7H2,1-3H3. The van der Waals surface area contributed by atoms with Crippen LogP contribution in [0.3, 0.4) is 0 Å². The monoisotopic (exact) mass is 212 g/mol. The van der Waals surface area contributed by atoms with Crippen molar-refractivity contribution in [3.63, 3.8) is 0 Å². The Morgan fingerprint density at radius 2 is 1.62 bits per heavy atom. The van der Waals surface area contributed by atoms with Gasteiger partial charge in [-0.05, 0) is 0 Å². The van der Waals surface area contributed by atoms with Crippen molar-refractivity contribution in [3.8, 4) is 0 Å². The Kier molecular flexibility index (Phi) is 7.51. The van der Waals surface area contributed by atoms with Crippen LogP contribution >= 0.6 is 7.60 Å². The molecule has 0 amide bonds. The van der Waals surface area contributed by atoms with Crippen LogP contribution in [0.2, 0.25) is 0 Å². The second kappa shape index (κ2) is 7.47. The molecule has 0 aromatic carbocycles. The highest BCUT2D eigenvalue weighted by molar-refractivity contribution is 7.53. The maximum Gasteiger partial charge on any atom is 0.332 e. The van der Waals surface area contributed by atoms with Gasteiger partial charge >= 0.3 is 7.60 Å². The molecule has 0 saturated carbocycles. The average molecular weight is 212 g/mol. The van der Waals surface area contributed by atoms with Crippen molar-refractivity contribution in [3.05, 3.63) is 0 Å². The number of hydrogen-bond acceptors (Lipinski definition) is 5. The van der Waals surface area contributed by atoms with E-state index >= 15 is 0 Å². The molecule has 0 aliphatic carbocycles. The minimum atomic E-state index is -2.90. The van der Waals surface area contributed by atoms with Gasteiger partial charge in [0.1, 0.15) is 0 Å². The molecule has 0 bridgehead atoms. The predicted octanol–water partition coefficient (Wildman–Crippen LogP) is 1.14. The molecule has 5 nitrogen and oxygen atoms in total. The Bertz CT molecular complexity index is 153.